The van der Waals surface area contributed by atoms with Gasteiger partial charge in [-0.1, -0.05) is 129 Å². The molecule has 29 nitrogen and oxygen atoms in total. The number of hydrogen-bond donors (Lipinski definition) is 3. The van der Waals surface area contributed by atoms with Gasteiger partial charge in [0.15, 0.2) is 6.04 Å². The standard InChI is InChI=1S/C38H47N5O6.C35H40N4O7.C26H32N4O3/c1-6-19-40-34(44)33-31(35(45)43(33)36(46)41-21-10-13-29(25-41)28-11-8-7-9-12-28)22-27-18-20-39-32(23-27)42(37(47)49-38(2,3)4)24-26-14-16-30(48-5)17-15-26;1-35(2,3)46-34(44)38(21-23-12-14-27(45-4)15-13-23)29-20-24(16-17-36-29)19-28-30(32(41)42)39(31(28)40)33(43)37-18-8-11-26(22-37)25-9-6-5-7-10-25;1-3-12-28-24(31)23-22(16-19-11-13-27-18(2)15-19)25(32)30(23)26(33)29-14-7-10-21(17-29)20-8-5-4-6-9-20/h7-9,11-12,14-18,20,23,29,31,33H,6,10,13,19,21-22,24-25H2,1-5H3,(H,40,44);5-7,9-10,12-17,20,26,28,30H,8,11,18-19,21-22H2,1-4H3,(H,41,42);4-6,8-9,11,13,15,21-23H,3,7,10,12,14,16-17H2,1-2H3,(H,28,31)/t29-,31-,33+;26-,28-,30+;21-,22-,23+/m111/s1. The van der Waals surface area contributed by atoms with Gasteiger partial charge in [0.05, 0.1) is 45.1 Å². The molecule has 0 saturated carbocycles. The Morgan fingerprint density at radius 3 is 1.06 bits per heavy atom. The van der Waals surface area contributed by atoms with Gasteiger partial charge in [-0.2, -0.15) is 0 Å². The third-order valence-electron chi connectivity index (χ3n) is 23.8. The molecule has 3 N–H and O–H groups in total. The molecule has 9 atom stereocenters. The summed E-state index contributed by atoms with van der Waals surface area (Å²) in [6, 6.07) is 51.0. The van der Waals surface area contributed by atoms with Crippen molar-refractivity contribution in [3.05, 3.63) is 245 Å². The lowest BCUT2D eigenvalue weighted by Crippen LogP contribution is -2.71. The summed E-state index contributed by atoms with van der Waals surface area (Å²) in [6.07, 6.45) is 11.1. The number of likely N-dealkylation sites (tertiary alicyclic amines) is 6. The Morgan fingerprint density at radius 2 is 0.750 bits per heavy atom. The van der Waals surface area contributed by atoms with E-state index in [0.29, 0.717) is 87.2 Å². The number of aliphatic carboxylic acids is 1. The molecule has 6 aliphatic heterocycles. The number of carboxylic acids is 1. The molecule has 3 aromatic heterocycles. The van der Waals surface area contributed by atoms with Gasteiger partial charge in [-0.25, -0.2) is 43.6 Å². The van der Waals surface area contributed by atoms with Crippen LogP contribution >= 0.6 is 0 Å². The average Bonchev–Trinajstić information content (AvgIpc) is 0.762. The zero-order valence-electron chi connectivity index (χ0n) is 75.0. The first-order valence-corrected chi connectivity index (χ1v) is 44.3. The van der Waals surface area contributed by atoms with Crippen LogP contribution in [0.1, 0.15) is 175 Å². The number of anilines is 2. The highest BCUT2D eigenvalue weighted by Crippen LogP contribution is 2.40. The number of rotatable bonds is 24. The van der Waals surface area contributed by atoms with E-state index in [1.54, 1.807) is 119 Å². The Hall–Kier alpha value is -13.1. The maximum absolute atomic E-state index is 13.9. The van der Waals surface area contributed by atoms with Gasteiger partial charge in [0.2, 0.25) is 29.5 Å². The number of piperidine rings is 3. The first-order chi connectivity index (χ1) is 61.4. The molecule has 6 saturated heterocycles. The summed E-state index contributed by atoms with van der Waals surface area (Å²) in [5.41, 5.74) is 6.73. The molecule has 128 heavy (non-hydrogen) atoms. The van der Waals surface area contributed by atoms with E-state index in [2.05, 4.69) is 49.9 Å². The van der Waals surface area contributed by atoms with Crippen molar-refractivity contribution in [2.45, 2.75) is 193 Å². The van der Waals surface area contributed by atoms with E-state index in [1.165, 1.54) is 26.5 Å². The topological polar surface area (TPSA) is 334 Å². The molecular weight excluding hydrogens is 1630 g/mol. The zero-order chi connectivity index (χ0) is 91.5. The largest absolute Gasteiger partial charge is 0.497 e. The van der Waals surface area contributed by atoms with Gasteiger partial charge >= 0.3 is 36.2 Å². The van der Waals surface area contributed by atoms with Crippen LogP contribution in [0.5, 0.6) is 11.5 Å². The highest BCUT2D eigenvalue weighted by atomic mass is 16.6. The Bertz CT molecular complexity index is 5210. The second-order valence-electron chi connectivity index (χ2n) is 35.4. The smallest absolute Gasteiger partial charge is 0.416 e. The third-order valence-corrected chi connectivity index (χ3v) is 23.8. The van der Waals surface area contributed by atoms with Crippen molar-refractivity contribution < 1.29 is 76.8 Å². The van der Waals surface area contributed by atoms with E-state index >= 15 is 0 Å². The Balaban J connectivity index is 0.000000177. The number of pyridine rings is 3. The van der Waals surface area contributed by atoms with Gasteiger partial charge in [0.25, 0.3) is 0 Å². The van der Waals surface area contributed by atoms with Crippen molar-refractivity contribution in [1.82, 2.24) is 55.0 Å². The molecule has 13 amide bonds. The highest BCUT2D eigenvalue weighted by molar-refractivity contribution is 6.11. The van der Waals surface area contributed by atoms with Crippen molar-refractivity contribution >= 4 is 77.4 Å². The molecule has 9 heterocycles. The van der Waals surface area contributed by atoms with Crippen LogP contribution in [0.3, 0.4) is 0 Å². The fourth-order valence-electron chi connectivity index (χ4n) is 17.3. The number of aryl methyl sites for hydroxylation is 1. The van der Waals surface area contributed by atoms with Crippen LogP contribution in [0.2, 0.25) is 0 Å². The quantitative estimate of drug-likeness (QED) is 0.0473. The number of carbonyl (C=O) groups excluding carboxylic acids is 10. The second-order valence-corrected chi connectivity index (χ2v) is 35.4. The van der Waals surface area contributed by atoms with Crippen molar-refractivity contribution in [3.8, 4) is 11.5 Å². The summed E-state index contributed by atoms with van der Waals surface area (Å²) in [4.78, 5) is 171. The Labute approximate surface area is 748 Å². The molecule has 0 radical (unpaired) electrons. The number of benzene rings is 5. The first-order valence-electron chi connectivity index (χ1n) is 44.3. The van der Waals surface area contributed by atoms with E-state index in [9.17, 15) is 57.8 Å². The molecule has 5 aromatic carbocycles. The summed E-state index contributed by atoms with van der Waals surface area (Å²) in [5.74, 6) is -2.73. The molecule has 29 heteroatoms. The maximum atomic E-state index is 13.9. The van der Waals surface area contributed by atoms with E-state index < -0.39 is 83.2 Å². The fraction of sp³-hybridized carbons (Fsp3) is 0.434. The number of carboxylic acid groups (broad SMARTS) is 1. The van der Waals surface area contributed by atoms with E-state index in [1.807, 2.05) is 136 Å². The lowest BCUT2D eigenvalue weighted by Gasteiger charge is -2.47. The molecule has 0 unspecified atom stereocenters. The molecule has 0 bridgehead atoms. The lowest BCUT2D eigenvalue weighted by atomic mass is 9.81. The van der Waals surface area contributed by atoms with Gasteiger partial charge in [-0.3, -0.25) is 48.6 Å². The third kappa shape index (κ3) is 23.6. The Morgan fingerprint density at radius 1 is 0.430 bits per heavy atom. The predicted molar refractivity (Wildman–Crippen MR) is 482 cm³/mol. The van der Waals surface area contributed by atoms with Crippen LogP contribution in [0, 0.1) is 24.7 Å². The normalized spacial score (nSPS) is 20.2. The minimum absolute atomic E-state index is 0.0619. The number of hydrogen-bond acceptors (Lipinski definition) is 18. The fourth-order valence-corrected chi connectivity index (χ4v) is 17.3. The van der Waals surface area contributed by atoms with Crippen LogP contribution in [-0.2, 0) is 70.6 Å². The SMILES string of the molecule is CCCNC(=O)[C@@H]1[C@@H](Cc2ccnc(C)c2)C(=O)N1C(=O)N1CCC[C@@H](c2ccccc2)C1.CCCNC(=O)[C@@H]1[C@@H](Cc2ccnc(N(Cc3ccc(OC)cc3)C(=O)OC(C)(C)C)c2)C(=O)N1C(=O)N1CCC[C@@H](c2ccccc2)C1.COc1ccc(CN(C(=O)OC(C)(C)C)c2cc(C[C@H]3C(=O)N(C(=O)N4CCC[C@@H](c5ccccc5)C4)[C@@H]3C(=O)O)ccn2)cc1. The Kier molecular flexibility index (Phi) is 31.6. The molecule has 6 aliphatic rings. The lowest BCUT2D eigenvalue weighted by molar-refractivity contribution is -0.166. The van der Waals surface area contributed by atoms with Gasteiger partial charge < -0.3 is 49.4 Å². The number of nitrogens with zero attached hydrogens (tertiary/aromatic N) is 11. The summed E-state index contributed by atoms with van der Waals surface area (Å²) >= 11 is 0. The monoisotopic (exact) mass is 1750 g/mol. The number of β-lactam (4-membered cyclic amide) rings is 3. The number of ether oxygens (including phenoxy) is 4. The van der Waals surface area contributed by atoms with Crippen molar-refractivity contribution in [2.24, 2.45) is 17.8 Å². The van der Waals surface area contributed by atoms with E-state index in [-0.39, 0.29) is 79.2 Å². The van der Waals surface area contributed by atoms with Crippen LogP contribution in [0.15, 0.2) is 195 Å². The molecule has 8 aromatic rings. The number of imide groups is 3. The van der Waals surface area contributed by atoms with Crippen LogP contribution in [0.4, 0.5) is 35.6 Å². The number of amides is 13. The average molecular weight is 1750 g/mol. The molecular formula is C99H119N13O16. The summed E-state index contributed by atoms with van der Waals surface area (Å²) < 4.78 is 21.9. The number of methoxy groups -OCH3 is 2. The molecule has 14 rings (SSSR count). The summed E-state index contributed by atoms with van der Waals surface area (Å²) in [7, 11) is 3.16. The van der Waals surface area contributed by atoms with Gasteiger partial charge in [0.1, 0.15) is 46.4 Å². The van der Waals surface area contributed by atoms with Crippen LogP contribution in [0.25, 0.3) is 0 Å². The van der Waals surface area contributed by atoms with Crippen LogP contribution in [-0.4, -0.2) is 211 Å². The summed E-state index contributed by atoms with van der Waals surface area (Å²) in [5, 5.41) is 15.9. The van der Waals surface area contributed by atoms with Gasteiger partial charge in [-0.15, -0.1) is 0 Å². The molecule has 0 spiro atoms. The second kappa shape index (κ2) is 42.9. The number of carbonyl (C=O) groups is 11. The predicted octanol–water partition coefficient (Wildman–Crippen LogP) is 14.7. The zero-order valence-corrected chi connectivity index (χ0v) is 75.0. The summed E-state index contributed by atoms with van der Waals surface area (Å²) in [6.45, 7) is 20.9. The number of aromatic nitrogens is 3. The van der Waals surface area contributed by atoms with E-state index in [4.69, 9.17) is 18.9 Å². The minimum Gasteiger partial charge on any atom is -0.497 e. The van der Waals surface area contributed by atoms with Crippen molar-refractivity contribution in [2.75, 3.05) is 76.4 Å². The minimum atomic E-state index is -1.30. The molecule has 676 valence electrons. The maximum Gasteiger partial charge on any atom is 0.416 e. The number of nitrogens with one attached hydrogen (secondary N) is 2. The van der Waals surface area contributed by atoms with Gasteiger partial charge in [0, 0.05) is 94.4 Å². The van der Waals surface area contributed by atoms with E-state index in [0.717, 1.165) is 94.7 Å². The number of urea groups is 3. The van der Waals surface area contributed by atoms with Gasteiger partial charge in [-0.05, 0) is 224 Å². The first kappa shape index (κ1) is 94.1. The van der Waals surface area contributed by atoms with Crippen LogP contribution < -0.4 is 29.9 Å². The highest BCUT2D eigenvalue weighted by Gasteiger charge is 2.58. The molecule has 6 fully saturated rings. The van der Waals surface area contributed by atoms with Crippen molar-refractivity contribution in [1.29, 1.82) is 0 Å². The van der Waals surface area contributed by atoms with Crippen molar-refractivity contribution in [3.63, 3.8) is 0 Å². The molecule has 0 aliphatic carbocycles.